The van der Waals surface area contributed by atoms with Crippen molar-refractivity contribution < 1.29 is 22.7 Å². The summed E-state index contributed by atoms with van der Waals surface area (Å²) < 4.78 is 40.1. The number of ether oxygens (including phenoxy) is 1. The lowest BCUT2D eigenvalue weighted by molar-refractivity contribution is -0.274. The third kappa shape index (κ3) is 2.95. The van der Waals surface area contributed by atoms with E-state index in [9.17, 15) is 18.0 Å². The van der Waals surface area contributed by atoms with Crippen LogP contribution in [0.5, 0.6) is 5.75 Å². The highest BCUT2D eigenvalue weighted by molar-refractivity contribution is 9.10. The minimum atomic E-state index is -4.73. The first-order chi connectivity index (χ1) is 8.37. The maximum atomic E-state index is 12.1. The fraction of sp³-hybridized carbons (Fsp3) is 0.364. The first kappa shape index (κ1) is 13.2. The van der Waals surface area contributed by atoms with Crippen molar-refractivity contribution in [3.8, 4) is 5.75 Å². The van der Waals surface area contributed by atoms with E-state index in [4.69, 9.17) is 0 Å². The van der Waals surface area contributed by atoms with Gasteiger partial charge in [0.05, 0.1) is 4.83 Å². The van der Waals surface area contributed by atoms with Crippen LogP contribution in [0.4, 0.5) is 18.9 Å². The molecule has 1 saturated heterocycles. The second-order valence-electron chi connectivity index (χ2n) is 3.79. The van der Waals surface area contributed by atoms with Crippen molar-refractivity contribution in [1.29, 1.82) is 0 Å². The van der Waals surface area contributed by atoms with Crippen LogP contribution in [-0.2, 0) is 4.79 Å². The molecule has 0 unspecified atom stereocenters. The quantitative estimate of drug-likeness (QED) is 0.783. The number of alkyl halides is 4. The smallest absolute Gasteiger partial charge is 0.406 e. The van der Waals surface area contributed by atoms with Gasteiger partial charge in [0.1, 0.15) is 5.75 Å². The van der Waals surface area contributed by atoms with Gasteiger partial charge in [-0.15, -0.1) is 13.2 Å². The van der Waals surface area contributed by atoms with Crippen LogP contribution in [0.2, 0.25) is 0 Å². The summed E-state index contributed by atoms with van der Waals surface area (Å²) in [6, 6.07) is 5.40. The summed E-state index contributed by atoms with van der Waals surface area (Å²) in [4.78, 5) is 12.9. The van der Waals surface area contributed by atoms with Crippen molar-refractivity contribution in [2.75, 3.05) is 11.4 Å². The number of nitrogens with zero attached hydrogens (tertiary/aromatic N) is 1. The Morgan fingerprint density at radius 1 is 1.39 bits per heavy atom. The van der Waals surface area contributed by atoms with E-state index in [0.29, 0.717) is 18.7 Å². The summed E-state index contributed by atoms with van der Waals surface area (Å²) in [7, 11) is 0. The van der Waals surface area contributed by atoms with E-state index >= 15 is 0 Å². The van der Waals surface area contributed by atoms with Gasteiger partial charge in [-0.05, 0) is 18.6 Å². The van der Waals surface area contributed by atoms with E-state index in [1.807, 2.05) is 0 Å². The molecule has 0 saturated carbocycles. The van der Waals surface area contributed by atoms with Crippen LogP contribution < -0.4 is 9.64 Å². The normalized spacial score (nSPS) is 20.3. The Morgan fingerprint density at radius 2 is 2.11 bits per heavy atom. The van der Waals surface area contributed by atoms with Crippen molar-refractivity contribution in [3.05, 3.63) is 24.3 Å². The Kier molecular flexibility index (Phi) is 3.52. The SMILES string of the molecule is O=C1[C@@H](Br)CCN1c1cccc(OC(F)(F)F)c1. The highest BCUT2D eigenvalue weighted by Crippen LogP contribution is 2.30. The maximum absolute atomic E-state index is 12.1. The number of halogens is 4. The van der Waals surface area contributed by atoms with Gasteiger partial charge in [-0.25, -0.2) is 0 Å². The van der Waals surface area contributed by atoms with Gasteiger partial charge < -0.3 is 9.64 Å². The average Bonchev–Trinajstić information content (AvgIpc) is 2.58. The van der Waals surface area contributed by atoms with Crippen LogP contribution >= 0.6 is 15.9 Å². The number of hydrogen-bond acceptors (Lipinski definition) is 2. The zero-order valence-corrected chi connectivity index (χ0v) is 10.7. The van der Waals surface area contributed by atoms with Gasteiger partial charge in [-0.3, -0.25) is 4.79 Å². The predicted octanol–water partition coefficient (Wildman–Crippen LogP) is 3.09. The van der Waals surface area contributed by atoms with Crippen LogP contribution in [0.3, 0.4) is 0 Å². The molecule has 1 aromatic rings. The standard InChI is InChI=1S/C11H9BrF3NO2/c12-9-4-5-16(10(9)17)7-2-1-3-8(6-7)18-11(13,14)15/h1-3,6,9H,4-5H2/t9-/m0/s1. The van der Waals surface area contributed by atoms with Gasteiger partial charge >= 0.3 is 6.36 Å². The Bertz CT molecular complexity index is 464. The molecule has 98 valence electrons. The fourth-order valence-corrected chi connectivity index (χ4v) is 2.20. The number of hydrogen-bond donors (Lipinski definition) is 0. The molecule has 0 N–H and O–H groups in total. The van der Waals surface area contributed by atoms with Crippen LogP contribution in [0.25, 0.3) is 0 Å². The molecule has 1 fully saturated rings. The first-order valence-corrected chi connectivity index (χ1v) is 6.09. The molecule has 0 bridgehead atoms. The molecule has 1 atom stereocenters. The topological polar surface area (TPSA) is 29.5 Å². The van der Waals surface area contributed by atoms with E-state index in [0.717, 1.165) is 0 Å². The Hall–Kier alpha value is -1.24. The minimum absolute atomic E-state index is 0.154. The average molecular weight is 324 g/mol. The van der Waals surface area contributed by atoms with E-state index in [1.165, 1.54) is 23.1 Å². The lowest BCUT2D eigenvalue weighted by Gasteiger charge is -2.17. The molecule has 3 nitrogen and oxygen atoms in total. The highest BCUT2D eigenvalue weighted by atomic mass is 79.9. The van der Waals surface area contributed by atoms with E-state index < -0.39 is 6.36 Å². The van der Waals surface area contributed by atoms with Crippen LogP contribution in [-0.4, -0.2) is 23.6 Å². The van der Waals surface area contributed by atoms with Crippen molar-refractivity contribution in [3.63, 3.8) is 0 Å². The lowest BCUT2D eigenvalue weighted by atomic mass is 10.3. The van der Waals surface area contributed by atoms with Crippen LogP contribution in [0.15, 0.2) is 24.3 Å². The summed E-state index contributed by atoms with van der Waals surface area (Å²) in [6.45, 7) is 0.476. The molecule has 0 aliphatic carbocycles. The summed E-state index contributed by atoms with van der Waals surface area (Å²) in [6.07, 6.45) is -4.10. The van der Waals surface area contributed by atoms with Gasteiger partial charge in [0.15, 0.2) is 0 Å². The van der Waals surface area contributed by atoms with Gasteiger partial charge in [-0.2, -0.15) is 0 Å². The summed E-state index contributed by atoms with van der Waals surface area (Å²) >= 11 is 3.21. The number of benzene rings is 1. The number of rotatable bonds is 2. The van der Waals surface area contributed by atoms with Crippen molar-refractivity contribution >= 4 is 27.5 Å². The summed E-state index contributed by atoms with van der Waals surface area (Å²) in [5, 5.41) is 0. The lowest BCUT2D eigenvalue weighted by Crippen LogP contribution is -2.27. The van der Waals surface area contributed by atoms with Crippen LogP contribution in [0.1, 0.15) is 6.42 Å². The molecule has 0 aromatic heterocycles. The largest absolute Gasteiger partial charge is 0.573 e. The van der Waals surface area contributed by atoms with Crippen LogP contribution in [0, 0.1) is 0 Å². The van der Waals surface area contributed by atoms with Gasteiger partial charge in [-0.1, -0.05) is 22.0 Å². The van der Waals surface area contributed by atoms with E-state index in [2.05, 4.69) is 20.7 Å². The molecular formula is C11H9BrF3NO2. The van der Waals surface area contributed by atoms with E-state index in [-0.39, 0.29) is 16.5 Å². The second kappa shape index (κ2) is 4.79. The van der Waals surface area contributed by atoms with Crippen molar-refractivity contribution in [2.24, 2.45) is 0 Å². The van der Waals surface area contributed by atoms with Crippen molar-refractivity contribution in [2.45, 2.75) is 17.6 Å². The number of carbonyl (C=O) groups is 1. The Morgan fingerprint density at radius 3 is 2.67 bits per heavy atom. The third-order valence-corrected chi connectivity index (χ3v) is 3.35. The zero-order chi connectivity index (χ0) is 13.3. The molecule has 1 heterocycles. The molecule has 2 rings (SSSR count). The van der Waals surface area contributed by atoms with Crippen molar-refractivity contribution in [1.82, 2.24) is 0 Å². The molecule has 1 aliphatic heterocycles. The first-order valence-electron chi connectivity index (χ1n) is 5.18. The number of amides is 1. The molecule has 7 heteroatoms. The minimum Gasteiger partial charge on any atom is -0.406 e. The fourth-order valence-electron chi connectivity index (χ4n) is 1.75. The Balaban J connectivity index is 2.20. The zero-order valence-electron chi connectivity index (χ0n) is 9.08. The third-order valence-electron chi connectivity index (χ3n) is 2.50. The summed E-state index contributed by atoms with van der Waals surface area (Å²) in [5.74, 6) is -0.481. The molecular weight excluding hydrogens is 315 g/mol. The molecule has 1 aliphatic rings. The molecule has 1 amide bonds. The highest BCUT2D eigenvalue weighted by Gasteiger charge is 2.33. The molecule has 1 aromatic carbocycles. The molecule has 0 spiro atoms. The maximum Gasteiger partial charge on any atom is 0.573 e. The molecule has 0 radical (unpaired) electrons. The van der Waals surface area contributed by atoms with Gasteiger partial charge in [0.2, 0.25) is 5.91 Å². The Labute approximate surface area is 110 Å². The number of carbonyl (C=O) groups excluding carboxylic acids is 1. The van der Waals surface area contributed by atoms with Gasteiger partial charge in [0.25, 0.3) is 0 Å². The van der Waals surface area contributed by atoms with Gasteiger partial charge in [0, 0.05) is 18.3 Å². The predicted molar refractivity (Wildman–Crippen MR) is 62.8 cm³/mol. The monoisotopic (exact) mass is 323 g/mol. The number of anilines is 1. The van der Waals surface area contributed by atoms with E-state index in [1.54, 1.807) is 6.07 Å². The molecule has 18 heavy (non-hydrogen) atoms. The summed E-state index contributed by atoms with van der Waals surface area (Å²) in [5.41, 5.74) is 0.406. The second-order valence-corrected chi connectivity index (χ2v) is 4.90.